The number of hydrogen-bond donors (Lipinski definition) is 0. The number of ether oxygens (including phenoxy) is 2. The number of carbonyl (C=O) groups is 2. The predicted octanol–water partition coefficient (Wildman–Crippen LogP) is 3.95. The number of esters is 1. The monoisotopic (exact) mass is 463 g/mol. The fourth-order valence-corrected chi connectivity index (χ4v) is 3.81. The number of rotatable bonds is 4. The molecule has 0 spiro atoms. The van der Waals surface area contributed by atoms with Gasteiger partial charge in [0.2, 0.25) is 5.12 Å². The van der Waals surface area contributed by atoms with Crippen LogP contribution >= 0.6 is 46.1 Å². The topological polar surface area (TPSA) is 65.0 Å². The molecule has 1 aliphatic rings. The van der Waals surface area contributed by atoms with Crippen molar-refractivity contribution < 1.29 is 19.1 Å². The van der Waals surface area contributed by atoms with Gasteiger partial charge in [0.1, 0.15) is 10.1 Å². The average molecular weight is 463 g/mol. The number of thioether (sulfide) groups is 2. The summed E-state index contributed by atoms with van der Waals surface area (Å²) in [6.07, 6.45) is 3.59. The molecule has 1 heterocycles. The Labute approximate surface area is 156 Å². The lowest BCUT2D eigenvalue weighted by Gasteiger charge is -2.12. The van der Waals surface area contributed by atoms with E-state index >= 15 is 0 Å². The number of aliphatic imine (C=N–C) groups is 1. The Balaban J connectivity index is 2.43. The number of halogens is 1. The largest absolute Gasteiger partial charge is 0.490 e. The number of hydrogen-bond acceptors (Lipinski definition) is 7. The second-order valence-corrected chi connectivity index (χ2v) is 7.53. The summed E-state index contributed by atoms with van der Waals surface area (Å²) in [6.45, 7) is 3.63. The molecule has 122 valence electrons. The minimum atomic E-state index is -0.411. The summed E-state index contributed by atoms with van der Waals surface area (Å²) < 4.78 is 12.2. The Morgan fingerprint density at radius 1 is 1.48 bits per heavy atom. The van der Waals surface area contributed by atoms with Crippen LogP contribution in [0.1, 0.15) is 19.4 Å². The van der Waals surface area contributed by atoms with Crippen LogP contribution in [0.3, 0.4) is 0 Å². The molecule has 8 heteroatoms. The molecule has 1 aromatic rings. The van der Waals surface area contributed by atoms with Crippen LogP contribution in [0.5, 0.6) is 11.5 Å². The van der Waals surface area contributed by atoms with E-state index in [9.17, 15) is 9.59 Å². The summed E-state index contributed by atoms with van der Waals surface area (Å²) in [5.74, 6) is 0.447. The summed E-state index contributed by atoms with van der Waals surface area (Å²) >= 11 is 4.64. The normalized spacial score (nSPS) is 15.7. The molecular formula is C15H14INO4S2. The van der Waals surface area contributed by atoms with Gasteiger partial charge < -0.3 is 9.47 Å². The molecule has 0 saturated heterocycles. The number of carbonyl (C=O) groups excluding carboxylic acids is 2. The van der Waals surface area contributed by atoms with E-state index in [-0.39, 0.29) is 5.12 Å². The molecule has 0 atom stereocenters. The van der Waals surface area contributed by atoms with E-state index in [2.05, 4.69) is 27.6 Å². The van der Waals surface area contributed by atoms with E-state index in [0.29, 0.717) is 23.8 Å². The van der Waals surface area contributed by atoms with E-state index in [1.807, 2.05) is 19.2 Å². The minimum Gasteiger partial charge on any atom is -0.490 e. The molecule has 0 unspecified atom stereocenters. The fourth-order valence-electron chi connectivity index (χ4n) is 1.81. The molecule has 0 N–H and O–H groups in total. The zero-order valence-corrected chi connectivity index (χ0v) is 16.5. The van der Waals surface area contributed by atoms with Crippen molar-refractivity contribution in [2.45, 2.75) is 13.8 Å². The SMILES string of the molecule is CCOc1cc(C=C2N=C(SC)SC2=O)cc(I)c1OC(C)=O. The highest BCUT2D eigenvalue weighted by Gasteiger charge is 2.22. The van der Waals surface area contributed by atoms with E-state index in [4.69, 9.17) is 9.47 Å². The smallest absolute Gasteiger partial charge is 0.308 e. The first-order valence-corrected chi connectivity index (χ1v) is 9.78. The van der Waals surface area contributed by atoms with Gasteiger partial charge in [-0.2, -0.15) is 0 Å². The van der Waals surface area contributed by atoms with Gasteiger partial charge >= 0.3 is 5.97 Å². The van der Waals surface area contributed by atoms with Crippen molar-refractivity contribution in [2.24, 2.45) is 4.99 Å². The molecule has 5 nitrogen and oxygen atoms in total. The van der Waals surface area contributed by atoms with Gasteiger partial charge in [0.25, 0.3) is 0 Å². The second-order valence-electron chi connectivity index (χ2n) is 4.36. The molecule has 1 aromatic carbocycles. The maximum absolute atomic E-state index is 11.9. The Morgan fingerprint density at radius 3 is 2.78 bits per heavy atom. The van der Waals surface area contributed by atoms with Gasteiger partial charge in [-0.05, 0) is 71.3 Å². The van der Waals surface area contributed by atoms with Crippen molar-refractivity contribution in [1.82, 2.24) is 0 Å². The van der Waals surface area contributed by atoms with Crippen LogP contribution in [0.4, 0.5) is 0 Å². The highest BCUT2D eigenvalue weighted by molar-refractivity contribution is 14.1. The van der Waals surface area contributed by atoms with Crippen LogP contribution in [-0.2, 0) is 9.59 Å². The molecular weight excluding hydrogens is 449 g/mol. The third-order valence-corrected chi connectivity index (χ3v) is 5.31. The third-order valence-electron chi connectivity index (χ3n) is 2.66. The molecule has 0 saturated carbocycles. The van der Waals surface area contributed by atoms with E-state index in [1.54, 1.807) is 12.1 Å². The summed E-state index contributed by atoms with van der Waals surface area (Å²) in [6, 6.07) is 3.56. The maximum Gasteiger partial charge on any atom is 0.308 e. The van der Waals surface area contributed by atoms with Crippen molar-refractivity contribution in [3.8, 4) is 11.5 Å². The third kappa shape index (κ3) is 4.74. The summed E-state index contributed by atoms with van der Waals surface area (Å²) in [5, 5.41) is -0.0774. The van der Waals surface area contributed by atoms with Crippen molar-refractivity contribution in [1.29, 1.82) is 0 Å². The first-order valence-electron chi connectivity index (χ1n) is 6.66. The number of nitrogens with zero attached hydrogens (tertiary/aromatic N) is 1. The Kier molecular flexibility index (Phi) is 6.54. The van der Waals surface area contributed by atoms with Crippen molar-refractivity contribution in [2.75, 3.05) is 12.9 Å². The lowest BCUT2D eigenvalue weighted by Crippen LogP contribution is -2.06. The molecule has 1 aliphatic heterocycles. The zero-order chi connectivity index (χ0) is 17.0. The van der Waals surface area contributed by atoms with E-state index < -0.39 is 5.97 Å². The fraction of sp³-hybridized carbons (Fsp3) is 0.267. The highest BCUT2D eigenvalue weighted by atomic mass is 127. The van der Waals surface area contributed by atoms with Crippen molar-refractivity contribution >= 4 is 67.7 Å². The molecule has 2 rings (SSSR count). The molecule has 0 aromatic heterocycles. The first-order chi connectivity index (χ1) is 10.9. The highest BCUT2D eigenvalue weighted by Crippen LogP contribution is 2.36. The van der Waals surface area contributed by atoms with Gasteiger partial charge in [0.05, 0.1) is 10.2 Å². The summed E-state index contributed by atoms with van der Waals surface area (Å²) in [7, 11) is 0. The average Bonchev–Trinajstić information content (AvgIpc) is 2.83. The molecule has 0 aliphatic carbocycles. The van der Waals surface area contributed by atoms with Crippen molar-refractivity contribution in [3.63, 3.8) is 0 Å². The molecule has 0 amide bonds. The predicted molar refractivity (Wildman–Crippen MR) is 103 cm³/mol. The molecule has 0 radical (unpaired) electrons. The van der Waals surface area contributed by atoms with Gasteiger partial charge in [0.15, 0.2) is 11.5 Å². The maximum atomic E-state index is 11.9. The van der Waals surface area contributed by atoms with Crippen LogP contribution in [-0.4, -0.2) is 28.3 Å². The first kappa shape index (κ1) is 18.3. The standard InChI is InChI=1S/C15H14INO4S2/c1-4-20-12-7-9(5-10(16)13(12)21-8(2)18)6-11-14(19)23-15(17-11)22-3/h5-7H,4H2,1-3H3. The van der Waals surface area contributed by atoms with Gasteiger partial charge in [-0.15, -0.1) is 11.8 Å². The van der Waals surface area contributed by atoms with Crippen LogP contribution in [0.15, 0.2) is 22.8 Å². The second kappa shape index (κ2) is 8.20. The quantitative estimate of drug-likeness (QED) is 0.292. The van der Waals surface area contributed by atoms with Gasteiger partial charge in [-0.3, -0.25) is 9.59 Å². The van der Waals surface area contributed by atoms with Crippen molar-refractivity contribution in [3.05, 3.63) is 27.0 Å². The lowest BCUT2D eigenvalue weighted by atomic mass is 10.1. The Morgan fingerprint density at radius 2 is 2.22 bits per heavy atom. The molecule has 0 bridgehead atoms. The number of benzene rings is 1. The molecule has 0 fully saturated rings. The van der Waals surface area contributed by atoms with Crippen LogP contribution in [0, 0.1) is 3.57 Å². The van der Waals surface area contributed by atoms with Gasteiger partial charge in [-0.1, -0.05) is 0 Å². The summed E-state index contributed by atoms with van der Waals surface area (Å²) in [5.41, 5.74) is 1.17. The minimum absolute atomic E-state index is 0.0774. The van der Waals surface area contributed by atoms with Gasteiger partial charge in [0, 0.05) is 6.92 Å². The molecule has 23 heavy (non-hydrogen) atoms. The van der Waals surface area contributed by atoms with Crippen LogP contribution < -0.4 is 9.47 Å². The van der Waals surface area contributed by atoms with Crippen LogP contribution in [0.25, 0.3) is 6.08 Å². The lowest BCUT2D eigenvalue weighted by molar-refractivity contribution is -0.132. The van der Waals surface area contributed by atoms with E-state index in [1.165, 1.54) is 18.7 Å². The Hall–Kier alpha value is -1.00. The zero-order valence-electron chi connectivity index (χ0n) is 12.7. The summed E-state index contributed by atoms with van der Waals surface area (Å²) in [4.78, 5) is 27.4. The Bertz CT molecular complexity index is 716. The van der Waals surface area contributed by atoms with Gasteiger partial charge in [-0.25, -0.2) is 4.99 Å². The van der Waals surface area contributed by atoms with E-state index in [0.717, 1.165) is 25.3 Å². The van der Waals surface area contributed by atoms with Crippen LogP contribution in [0.2, 0.25) is 0 Å².